The van der Waals surface area contributed by atoms with Gasteiger partial charge in [-0.3, -0.25) is 9.88 Å². The molecule has 0 fully saturated rings. The highest BCUT2D eigenvalue weighted by atomic mass is 15.2. The number of anilines is 2. The molecule has 18 heavy (non-hydrogen) atoms. The predicted molar refractivity (Wildman–Crippen MR) is 77.0 cm³/mol. The van der Waals surface area contributed by atoms with E-state index in [1.165, 1.54) is 0 Å². The van der Waals surface area contributed by atoms with Gasteiger partial charge < -0.3 is 10.6 Å². The van der Waals surface area contributed by atoms with Gasteiger partial charge in [-0.1, -0.05) is 0 Å². The van der Waals surface area contributed by atoms with Crippen molar-refractivity contribution in [1.82, 2.24) is 14.9 Å². The second-order valence-electron chi connectivity index (χ2n) is 4.89. The second-order valence-corrected chi connectivity index (χ2v) is 4.89. The van der Waals surface area contributed by atoms with Crippen molar-refractivity contribution >= 4 is 11.6 Å². The van der Waals surface area contributed by atoms with Gasteiger partial charge >= 0.3 is 0 Å². The third kappa shape index (κ3) is 4.49. The van der Waals surface area contributed by atoms with E-state index in [0.717, 1.165) is 24.7 Å². The normalized spacial score (nSPS) is 11.3. The lowest BCUT2D eigenvalue weighted by molar-refractivity contribution is 0.182. The molecule has 0 bridgehead atoms. The van der Waals surface area contributed by atoms with E-state index in [4.69, 9.17) is 0 Å². The molecule has 0 aliphatic rings. The molecule has 0 aliphatic carbocycles. The molecule has 0 saturated heterocycles. The molecule has 102 valence electrons. The molecule has 5 heteroatoms. The lowest BCUT2D eigenvalue weighted by atomic mass is 10.2. The fraction of sp³-hybridized carbons (Fsp3) is 0.692. The fourth-order valence-electron chi connectivity index (χ4n) is 2.00. The molecular formula is C13H25N5. The molecular weight excluding hydrogens is 226 g/mol. The van der Waals surface area contributed by atoms with E-state index >= 15 is 0 Å². The van der Waals surface area contributed by atoms with Crippen molar-refractivity contribution in [3.8, 4) is 0 Å². The van der Waals surface area contributed by atoms with Crippen molar-refractivity contribution in [1.29, 1.82) is 0 Å². The zero-order valence-electron chi connectivity index (χ0n) is 12.1. The van der Waals surface area contributed by atoms with E-state index in [1.54, 1.807) is 12.4 Å². The zero-order chi connectivity index (χ0) is 13.5. The summed E-state index contributed by atoms with van der Waals surface area (Å²) < 4.78 is 0. The topological polar surface area (TPSA) is 53.1 Å². The van der Waals surface area contributed by atoms with E-state index in [-0.39, 0.29) is 0 Å². The van der Waals surface area contributed by atoms with Crippen LogP contribution in [0.15, 0.2) is 12.4 Å². The van der Waals surface area contributed by atoms with Crippen molar-refractivity contribution in [3.63, 3.8) is 0 Å². The third-order valence-electron chi connectivity index (χ3n) is 2.89. The van der Waals surface area contributed by atoms with Crippen LogP contribution in [0.4, 0.5) is 11.6 Å². The number of hydrogen-bond donors (Lipinski definition) is 2. The van der Waals surface area contributed by atoms with E-state index in [0.29, 0.717) is 12.1 Å². The Morgan fingerprint density at radius 3 is 2.28 bits per heavy atom. The molecule has 1 rings (SSSR count). The van der Waals surface area contributed by atoms with Crippen molar-refractivity contribution in [2.24, 2.45) is 0 Å². The maximum atomic E-state index is 4.37. The summed E-state index contributed by atoms with van der Waals surface area (Å²) in [7, 11) is 1.84. The first-order valence-electron chi connectivity index (χ1n) is 6.54. The van der Waals surface area contributed by atoms with Gasteiger partial charge in [-0.05, 0) is 27.7 Å². The summed E-state index contributed by atoms with van der Waals surface area (Å²) in [6, 6.07) is 1.11. The van der Waals surface area contributed by atoms with Gasteiger partial charge in [-0.15, -0.1) is 0 Å². The van der Waals surface area contributed by atoms with Crippen molar-refractivity contribution < 1.29 is 0 Å². The van der Waals surface area contributed by atoms with Crippen LogP contribution in [-0.2, 0) is 0 Å². The van der Waals surface area contributed by atoms with Crippen LogP contribution in [0, 0.1) is 0 Å². The fourth-order valence-corrected chi connectivity index (χ4v) is 2.00. The predicted octanol–water partition coefficient (Wildman–Crippen LogP) is 2.05. The van der Waals surface area contributed by atoms with Crippen LogP contribution in [0.25, 0.3) is 0 Å². The Bertz CT molecular complexity index is 343. The van der Waals surface area contributed by atoms with Gasteiger partial charge in [0, 0.05) is 32.2 Å². The first kappa shape index (κ1) is 14.7. The van der Waals surface area contributed by atoms with Crippen molar-refractivity contribution in [3.05, 3.63) is 12.4 Å². The van der Waals surface area contributed by atoms with Crippen molar-refractivity contribution in [2.45, 2.75) is 39.8 Å². The van der Waals surface area contributed by atoms with Gasteiger partial charge in [0.2, 0.25) is 0 Å². The van der Waals surface area contributed by atoms with E-state index in [1.807, 2.05) is 7.05 Å². The summed E-state index contributed by atoms with van der Waals surface area (Å²) in [6.45, 7) is 10.8. The Hall–Kier alpha value is -1.36. The van der Waals surface area contributed by atoms with Crippen LogP contribution < -0.4 is 10.6 Å². The highest BCUT2D eigenvalue weighted by Gasteiger charge is 2.12. The lowest BCUT2D eigenvalue weighted by Crippen LogP contribution is -2.40. The van der Waals surface area contributed by atoms with Crippen molar-refractivity contribution in [2.75, 3.05) is 30.8 Å². The summed E-state index contributed by atoms with van der Waals surface area (Å²) >= 11 is 0. The van der Waals surface area contributed by atoms with E-state index in [9.17, 15) is 0 Å². The number of rotatable bonds is 7. The third-order valence-corrected chi connectivity index (χ3v) is 2.89. The molecule has 2 N–H and O–H groups in total. The van der Waals surface area contributed by atoms with Gasteiger partial charge in [-0.2, -0.15) is 0 Å². The largest absolute Gasteiger partial charge is 0.372 e. The zero-order valence-corrected chi connectivity index (χ0v) is 12.1. The minimum Gasteiger partial charge on any atom is -0.372 e. The Balaban J connectivity index is 2.44. The van der Waals surface area contributed by atoms with Gasteiger partial charge in [0.15, 0.2) is 0 Å². The number of nitrogens with one attached hydrogen (secondary N) is 2. The Kier molecular flexibility index (Phi) is 5.85. The van der Waals surface area contributed by atoms with Crippen LogP contribution in [0.1, 0.15) is 27.7 Å². The van der Waals surface area contributed by atoms with Gasteiger partial charge in [-0.25, -0.2) is 4.98 Å². The van der Waals surface area contributed by atoms with Crippen LogP contribution in [0.3, 0.4) is 0 Å². The Morgan fingerprint density at radius 2 is 1.72 bits per heavy atom. The van der Waals surface area contributed by atoms with Crippen LogP contribution in [0.5, 0.6) is 0 Å². The van der Waals surface area contributed by atoms with Crippen LogP contribution in [-0.4, -0.2) is 47.1 Å². The van der Waals surface area contributed by atoms with Gasteiger partial charge in [0.1, 0.15) is 11.6 Å². The SMILES string of the molecule is CNc1cncc(NCCN(C(C)C)C(C)C)n1. The lowest BCUT2D eigenvalue weighted by Gasteiger charge is -2.30. The molecule has 0 aromatic carbocycles. The first-order valence-corrected chi connectivity index (χ1v) is 6.54. The summed E-state index contributed by atoms with van der Waals surface area (Å²) in [6.07, 6.45) is 3.45. The first-order chi connectivity index (χ1) is 8.54. The molecule has 0 amide bonds. The monoisotopic (exact) mass is 251 g/mol. The number of nitrogens with zero attached hydrogens (tertiary/aromatic N) is 3. The summed E-state index contributed by atoms with van der Waals surface area (Å²) in [5, 5.41) is 6.28. The maximum Gasteiger partial charge on any atom is 0.147 e. The highest BCUT2D eigenvalue weighted by molar-refractivity contribution is 5.40. The second kappa shape index (κ2) is 7.16. The molecule has 0 unspecified atom stereocenters. The van der Waals surface area contributed by atoms with Crippen LogP contribution in [0.2, 0.25) is 0 Å². The molecule has 1 aromatic heterocycles. The Morgan fingerprint density at radius 1 is 1.11 bits per heavy atom. The summed E-state index contributed by atoms with van der Waals surface area (Å²) in [5.41, 5.74) is 0. The maximum absolute atomic E-state index is 4.37. The summed E-state index contributed by atoms with van der Waals surface area (Å²) in [4.78, 5) is 10.9. The quantitative estimate of drug-likeness (QED) is 0.777. The minimum absolute atomic E-state index is 0.557. The van der Waals surface area contributed by atoms with Crippen LogP contribution >= 0.6 is 0 Å². The molecule has 0 saturated carbocycles. The smallest absolute Gasteiger partial charge is 0.147 e. The molecule has 0 atom stereocenters. The van der Waals surface area contributed by atoms with Gasteiger partial charge in [0.25, 0.3) is 0 Å². The number of aromatic nitrogens is 2. The van der Waals surface area contributed by atoms with Gasteiger partial charge in [0.05, 0.1) is 12.4 Å². The minimum atomic E-state index is 0.557. The van der Waals surface area contributed by atoms with E-state index < -0.39 is 0 Å². The Labute approximate surface area is 110 Å². The average molecular weight is 251 g/mol. The molecule has 0 radical (unpaired) electrons. The molecule has 0 spiro atoms. The molecule has 5 nitrogen and oxygen atoms in total. The highest BCUT2D eigenvalue weighted by Crippen LogP contribution is 2.07. The number of hydrogen-bond acceptors (Lipinski definition) is 5. The van der Waals surface area contributed by atoms with E-state index in [2.05, 4.69) is 53.2 Å². The molecule has 0 aliphatic heterocycles. The molecule has 1 heterocycles. The average Bonchev–Trinajstić information content (AvgIpc) is 2.34. The molecule has 1 aromatic rings. The summed E-state index contributed by atoms with van der Waals surface area (Å²) in [5.74, 6) is 1.60. The standard InChI is InChI=1S/C13H25N5/c1-10(2)18(11(3)4)7-6-16-13-9-15-8-12(14-5)17-13/h8-11H,6-7H2,1-5H3,(H2,14,16,17).